The van der Waals surface area contributed by atoms with Gasteiger partial charge in [0.05, 0.1) is 24.8 Å². The molecule has 12 rings (SSSR count). The Morgan fingerprint density at radius 3 is 1.68 bits per heavy atom. The van der Waals surface area contributed by atoms with Crippen LogP contribution in [0.2, 0.25) is 0 Å². The fourth-order valence-corrected chi connectivity index (χ4v) is 13.2. The number of amides is 9. The Balaban J connectivity index is 1.05. The molecule has 0 aromatic heterocycles. The first kappa shape index (κ1) is 76.1. The molecule has 5 aromatic rings. The molecule has 26 heteroatoms. The van der Waals surface area contributed by atoms with E-state index in [1.165, 1.54) is 39.0 Å². The van der Waals surface area contributed by atoms with Crippen LogP contribution in [0.4, 0.5) is 0 Å². The van der Waals surface area contributed by atoms with Crippen LogP contribution in [-0.2, 0) is 84.9 Å². The zero-order chi connectivity index (χ0) is 73.9. The number of hydrogen-bond acceptors (Lipinski definition) is 15. The number of aliphatic carboxylic acids is 2. The fourth-order valence-electron chi connectivity index (χ4n) is 13.2. The van der Waals surface area contributed by atoms with E-state index in [0.29, 0.717) is 22.4 Å². The van der Waals surface area contributed by atoms with Crippen molar-refractivity contribution < 1.29 is 72.4 Å². The number of carboxylic acids is 2. The summed E-state index contributed by atoms with van der Waals surface area (Å²) in [5.41, 5.74) is 1.35. The number of carboxylic acid groups (broad SMARTS) is 2. The van der Waals surface area contributed by atoms with Crippen molar-refractivity contribution in [1.29, 1.82) is 0 Å². The molecule has 7 heterocycles. The number of fused-ring (bicyclic) bond motifs is 2. The molecule has 544 valence electrons. The van der Waals surface area contributed by atoms with Gasteiger partial charge in [-0.25, -0.2) is 9.59 Å². The van der Waals surface area contributed by atoms with E-state index >= 15 is 19.2 Å². The Morgan fingerprint density at radius 1 is 0.569 bits per heavy atom. The Bertz CT molecular complexity index is 3960. The van der Waals surface area contributed by atoms with Gasteiger partial charge in [0.1, 0.15) is 60.7 Å². The predicted molar refractivity (Wildman–Crippen MR) is 379 cm³/mol. The molecule has 9 amide bonds. The van der Waals surface area contributed by atoms with Gasteiger partial charge < -0.3 is 76.9 Å². The van der Waals surface area contributed by atoms with Gasteiger partial charge in [0, 0.05) is 63.3 Å². The lowest BCUT2D eigenvalue weighted by Gasteiger charge is -2.40. The van der Waals surface area contributed by atoms with E-state index in [1.807, 2.05) is 48.5 Å². The number of benzene rings is 5. The third kappa shape index (κ3) is 18.9. The number of nitrogens with zero attached hydrogens (tertiary/aromatic N) is 3. The summed E-state index contributed by atoms with van der Waals surface area (Å²) in [6.45, 7) is 13.6. The average Bonchev–Trinajstić information content (AvgIpc) is 1.47. The van der Waals surface area contributed by atoms with Gasteiger partial charge in [-0.15, -0.1) is 0 Å². The number of carbonyl (C=O) groups excluding carboxylic acids is 9. The number of likely N-dealkylation sites (tertiary alicyclic amines) is 2. The molecule has 0 radical (unpaired) electrons. The van der Waals surface area contributed by atoms with E-state index < -0.39 is 148 Å². The van der Waals surface area contributed by atoms with Gasteiger partial charge in [0.2, 0.25) is 47.3 Å². The van der Waals surface area contributed by atoms with Crippen LogP contribution in [0.3, 0.4) is 0 Å². The molecule has 7 aliphatic heterocycles. The highest BCUT2D eigenvalue weighted by Crippen LogP contribution is 2.33. The quantitative estimate of drug-likeness (QED) is 0.0801. The molecule has 10 N–H and O–H groups in total. The van der Waals surface area contributed by atoms with Crippen molar-refractivity contribution in [2.75, 3.05) is 40.4 Å². The maximum atomic E-state index is 15.5. The molecule has 102 heavy (non-hydrogen) atoms. The van der Waals surface area contributed by atoms with Crippen LogP contribution in [0.1, 0.15) is 106 Å². The number of hydrogen-bond donors (Lipinski definition) is 10. The summed E-state index contributed by atoms with van der Waals surface area (Å²) in [7, 11) is 3.20. The molecule has 5 aromatic carbocycles. The molecule has 8 bridgehead atoms. The van der Waals surface area contributed by atoms with E-state index in [2.05, 4.69) is 42.5 Å². The fraction of sp³-hybridized carbons (Fsp3) is 0.461. The first-order chi connectivity index (χ1) is 48.4. The van der Waals surface area contributed by atoms with Crippen molar-refractivity contribution in [3.8, 4) is 5.75 Å². The number of carbonyl (C=O) groups is 11. The van der Waals surface area contributed by atoms with Crippen LogP contribution in [0.15, 0.2) is 127 Å². The van der Waals surface area contributed by atoms with Crippen molar-refractivity contribution in [2.45, 2.75) is 173 Å². The molecule has 0 saturated carbocycles. The summed E-state index contributed by atoms with van der Waals surface area (Å²) in [5, 5.41) is 45.8. The monoisotopic (exact) mass is 1400 g/mol. The van der Waals surface area contributed by atoms with Crippen LogP contribution >= 0.6 is 0 Å². The van der Waals surface area contributed by atoms with Gasteiger partial charge in [-0.05, 0) is 114 Å². The van der Waals surface area contributed by atoms with E-state index in [4.69, 9.17) is 9.47 Å². The Morgan fingerprint density at radius 2 is 1.10 bits per heavy atom. The topological polar surface area (TPSA) is 353 Å². The second-order valence-electron chi connectivity index (χ2n) is 29.0. The largest absolute Gasteiger partial charge is 0.490 e. The lowest BCUT2D eigenvalue weighted by atomic mass is 9.85. The van der Waals surface area contributed by atoms with Gasteiger partial charge in [-0.1, -0.05) is 139 Å². The standard InChI is InChI=1S/C76H95N11O15/c1-43(77-9)64(88)83-62(75(3,4)5)71(95)86-41-53-38-60(86)69(93)80-56(36-47-23-26-48-17-11-12-18-50(48)33-47)67(91)81-57(73(97)98)35-46-24-29-54(30-25-46)101-31-15-16-32-102-55-39-61(87(42-55)72(96)63(76(6,7)8)84-65(89)44(2)78-10)70(94)85-40-52-20-14-13-19-51(52)37-59(85)68(92)82-58(74(99)100)34-45-21-27-49(28-22-45)66(90)79-53/h11-30,33,43-44,53,55-63,77-78H,31-32,34-42H2,1-10H3,(H,79,90)(H,80,93)(H,81,91)(H,82,92)(H,83,88)(H,84,89)(H,97,98)(H,99,100)/b16-15-/t43-,44+,53+,55+,56+,57+,58+,59+,60+,61+,62-,63+/m1/s1. The van der Waals surface area contributed by atoms with Crippen LogP contribution < -0.4 is 47.3 Å². The maximum Gasteiger partial charge on any atom is 0.326 e. The number of rotatable bonds is 12. The Hall–Kier alpha value is -10.0. The van der Waals surface area contributed by atoms with E-state index in [9.17, 15) is 43.8 Å². The van der Waals surface area contributed by atoms with E-state index in [0.717, 1.165) is 21.9 Å². The van der Waals surface area contributed by atoms with Crippen LogP contribution in [0.5, 0.6) is 5.75 Å². The minimum Gasteiger partial charge on any atom is -0.490 e. The smallest absolute Gasteiger partial charge is 0.326 e. The van der Waals surface area contributed by atoms with Crippen molar-refractivity contribution in [1.82, 2.24) is 57.2 Å². The summed E-state index contributed by atoms with van der Waals surface area (Å²) in [4.78, 5) is 162. The molecule has 2 fully saturated rings. The van der Waals surface area contributed by atoms with Crippen LogP contribution in [-0.4, -0.2) is 203 Å². The van der Waals surface area contributed by atoms with Gasteiger partial charge >= 0.3 is 11.9 Å². The Labute approximate surface area is 593 Å². The van der Waals surface area contributed by atoms with E-state index in [1.54, 1.807) is 124 Å². The van der Waals surface area contributed by atoms with Gasteiger partial charge in [-0.3, -0.25) is 43.2 Å². The third-order valence-electron chi connectivity index (χ3n) is 19.4. The van der Waals surface area contributed by atoms with Crippen molar-refractivity contribution >= 4 is 75.9 Å². The molecule has 0 unspecified atom stereocenters. The zero-order valence-corrected chi connectivity index (χ0v) is 59.4. The lowest BCUT2D eigenvalue weighted by molar-refractivity contribution is -0.152. The summed E-state index contributed by atoms with van der Waals surface area (Å²) < 4.78 is 12.4. The third-order valence-corrected chi connectivity index (χ3v) is 19.4. The first-order valence-electron chi connectivity index (χ1n) is 34.6. The van der Waals surface area contributed by atoms with Gasteiger partial charge in [0.15, 0.2) is 0 Å². The molecule has 7 aliphatic rings. The second kappa shape index (κ2) is 33.2. The normalized spacial score (nSPS) is 23.5. The predicted octanol–water partition coefficient (Wildman–Crippen LogP) is 3.36. The highest BCUT2D eigenvalue weighted by Gasteiger charge is 2.50. The summed E-state index contributed by atoms with van der Waals surface area (Å²) in [6.07, 6.45) is 1.97. The maximum absolute atomic E-state index is 15.5. The van der Waals surface area contributed by atoms with Crippen molar-refractivity contribution in [3.63, 3.8) is 0 Å². The highest BCUT2D eigenvalue weighted by molar-refractivity contribution is 5.99. The van der Waals surface area contributed by atoms with Crippen LogP contribution in [0, 0.1) is 10.8 Å². The van der Waals surface area contributed by atoms with Gasteiger partial charge in [0.25, 0.3) is 5.91 Å². The Kier molecular flexibility index (Phi) is 24.8. The second-order valence-corrected chi connectivity index (χ2v) is 29.0. The minimum absolute atomic E-state index is 0.00103. The summed E-state index contributed by atoms with van der Waals surface area (Å²) in [5.74, 6) is -8.11. The van der Waals surface area contributed by atoms with Gasteiger partial charge in [-0.2, -0.15) is 0 Å². The van der Waals surface area contributed by atoms with E-state index in [-0.39, 0.29) is 76.9 Å². The van der Waals surface area contributed by atoms with Crippen LogP contribution in [0.25, 0.3) is 10.8 Å². The zero-order valence-electron chi connectivity index (χ0n) is 59.4. The summed E-state index contributed by atoms with van der Waals surface area (Å²) >= 11 is 0. The number of nitrogens with one attached hydrogen (secondary N) is 8. The van der Waals surface area contributed by atoms with Crippen molar-refractivity contribution in [3.05, 3.63) is 161 Å². The molecular weight excluding hydrogens is 1310 g/mol. The van der Waals surface area contributed by atoms with Crippen molar-refractivity contribution in [2.24, 2.45) is 10.8 Å². The number of likely N-dealkylation sites (N-methyl/N-ethyl adjacent to an activating group) is 2. The highest BCUT2D eigenvalue weighted by atomic mass is 16.5. The summed E-state index contributed by atoms with van der Waals surface area (Å²) in [6, 6.07) is 20.0. The first-order valence-corrected chi connectivity index (χ1v) is 34.6. The molecule has 12 atom stereocenters. The molecule has 0 spiro atoms. The number of ether oxygens (including phenoxy) is 2. The molecular formula is C76H95N11O15. The molecule has 26 nitrogen and oxygen atoms in total. The average molecular weight is 1400 g/mol. The lowest BCUT2D eigenvalue weighted by Crippen LogP contribution is -2.62. The molecule has 0 aliphatic carbocycles. The SMILES string of the molecule is CN[C@@H](C)C(=O)N[C@@H](C(=O)N1C[C@@H]2C[C@H]1C(=O)N1Cc3ccccc3C[C@H]1C(=O)N[C@H](C(=O)O)Cc1ccc(cc1)C(=O)N[C@H]1C[C@@H](C(=O)N[C@@H](Cc3ccc4ccccc4c3)C(=O)N[C@H](C(=O)O)Cc3ccc(cc3)OC/C=C\CO2)N(C(=O)[C@@H](NC(=O)[C@@H](C)NC)C(C)(C)C)C1)C(C)(C)C. The minimum atomic E-state index is -1.55. The molecule has 2 saturated heterocycles.